The van der Waals surface area contributed by atoms with Crippen LogP contribution in [0.4, 0.5) is 0 Å². The van der Waals surface area contributed by atoms with Gasteiger partial charge in [0, 0.05) is 6.61 Å². The Morgan fingerprint density at radius 1 is 1.44 bits per heavy atom. The van der Waals surface area contributed by atoms with Gasteiger partial charge in [0.15, 0.2) is 0 Å². The van der Waals surface area contributed by atoms with Gasteiger partial charge in [-0.25, -0.2) is 0 Å². The second-order valence-corrected chi connectivity index (χ2v) is 6.04. The number of hydrogen-bond acceptors (Lipinski definition) is 2. The van der Waals surface area contributed by atoms with Gasteiger partial charge in [0.05, 0.1) is 19.3 Å². The first kappa shape index (κ1) is 14.0. The van der Waals surface area contributed by atoms with Crippen molar-refractivity contribution in [3.05, 3.63) is 0 Å². The molecule has 96 valence electrons. The van der Waals surface area contributed by atoms with Crippen molar-refractivity contribution in [2.24, 2.45) is 11.3 Å². The summed E-state index contributed by atoms with van der Waals surface area (Å²) >= 11 is 0. The van der Waals surface area contributed by atoms with E-state index in [9.17, 15) is 0 Å². The number of rotatable bonds is 9. The minimum absolute atomic E-state index is 0.322. The van der Waals surface area contributed by atoms with E-state index in [4.69, 9.17) is 9.47 Å². The molecule has 2 atom stereocenters. The maximum atomic E-state index is 5.79. The van der Waals surface area contributed by atoms with Crippen molar-refractivity contribution in [1.82, 2.24) is 0 Å². The van der Waals surface area contributed by atoms with Crippen LogP contribution in [-0.4, -0.2) is 25.9 Å². The van der Waals surface area contributed by atoms with E-state index in [0.717, 1.165) is 19.8 Å². The fourth-order valence-electron chi connectivity index (χ4n) is 1.77. The van der Waals surface area contributed by atoms with Crippen LogP contribution in [0.5, 0.6) is 0 Å². The van der Waals surface area contributed by atoms with Gasteiger partial charge in [-0.05, 0) is 24.2 Å². The van der Waals surface area contributed by atoms with Crippen molar-refractivity contribution in [2.45, 2.75) is 59.5 Å². The first-order chi connectivity index (χ1) is 7.53. The van der Waals surface area contributed by atoms with E-state index in [1.165, 1.54) is 25.7 Å². The summed E-state index contributed by atoms with van der Waals surface area (Å²) in [5.74, 6) is 0.690. The lowest BCUT2D eigenvalue weighted by molar-refractivity contribution is 0.0378. The Hall–Kier alpha value is -0.0800. The highest BCUT2D eigenvalue weighted by Gasteiger charge is 2.24. The van der Waals surface area contributed by atoms with Crippen molar-refractivity contribution in [3.8, 4) is 0 Å². The number of epoxide rings is 1. The molecule has 1 rings (SSSR count). The molecule has 1 heterocycles. The van der Waals surface area contributed by atoms with Gasteiger partial charge < -0.3 is 9.47 Å². The van der Waals surface area contributed by atoms with Gasteiger partial charge in [-0.2, -0.15) is 0 Å². The van der Waals surface area contributed by atoms with Crippen LogP contribution in [0.1, 0.15) is 53.4 Å². The molecule has 1 saturated heterocycles. The monoisotopic (exact) mass is 228 g/mol. The Kier molecular flexibility index (Phi) is 5.77. The molecule has 16 heavy (non-hydrogen) atoms. The summed E-state index contributed by atoms with van der Waals surface area (Å²) in [4.78, 5) is 0. The average molecular weight is 228 g/mol. The van der Waals surface area contributed by atoms with Crippen LogP contribution in [0.25, 0.3) is 0 Å². The van der Waals surface area contributed by atoms with Crippen molar-refractivity contribution >= 4 is 0 Å². The van der Waals surface area contributed by atoms with E-state index >= 15 is 0 Å². The molecule has 0 amide bonds. The predicted octanol–water partition coefficient (Wildman–Crippen LogP) is 3.64. The topological polar surface area (TPSA) is 21.8 Å². The third-order valence-electron chi connectivity index (χ3n) is 3.37. The summed E-state index contributed by atoms with van der Waals surface area (Å²) in [6.45, 7) is 11.9. The van der Waals surface area contributed by atoms with Crippen LogP contribution in [-0.2, 0) is 9.47 Å². The van der Waals surface area contributed by atoms with Gasteiger partial charge in [-0.15, -0.1) is 0 Å². The standard InChI is InChI=1S/C14H28O2/c1-5-12(2)9-15-11-14(3,4)8-6-7-13-10-16-13/h12-13H,5-11H2,1-4H3. The zero-order valence-electron chi connectivity index (χ0n) is 11.4. The Bertz CT molecular complexity index is 185. The van der Waals surface area contributed by atoms with Gasteiger partial charge in [0.2, 0.25) is 0 Å². The Balaban J connectivity index is 2.02. The normalized spacial score (nSPS) is 22.1. The highest BCUT2D eigenvalue weighted by atomic mass is 16.6. The smallest absolute Gasteiger partial charge is 0.0810 e. The summed E-state index contributed by atoms with van der Waals surface area (Å²) in [6, 6.07) is 0. The Morgan fingerprint density at radius 3 is 2.69 bits per heavy atom. The van der Waals surface area contributed by atoms with Gasteiger partial charge >= 0.3 is 0 Å². The lowest BCUT2D eigenvalue weighted by atomic mass is 9.88. The highest BCUT2D eigenvalue weighted by Crippen LogP contribution is 2.26. The van der Waals surface area contributed by atoms with E-state index in [0.29, 0.717) is 17.4 Å². The minimum Gasteiger partial charge on any atom is -0.381 e. The summed E-state index contributed by atoms with van der Waals surface area (Å²) in [5, 5.41) is 0. The van der Waals surface area contributed by atoms with Gasteiger partial charge in [0.25, 0.3) is 0 Å². The van der Waals surface area contributed by atoms with Gasteiger partial charge in [-0.3, -0.25) is 0 Å². The largest absolute Gasteiger partial charge is 0.381 e. The molecule has 1 aliphatic heterocycles. The van der Waals surface area contributed by atoms with Crippen LogP contribution >= 0.6 is 0 Å². The molecule has 0 aliphatic carbocycles. The molecule has 1 aliphatic rings. The average Bonchev–Trinajstić information content (AvgIpc) is 3.01. The molecule has 2 unspecified atom stereocenters. The molecule has 2 nitrogen and oxygen atoms in total. The molecule has 0 aromatic heterocycles. The van der Waals surface area contributed by atoms with Gasteiger partial charge in [0.1, 0.15) is 0 Å². The third kappa shape index (κ3) is 6.49. The van der Waals surface area contributed by atoms with E-state index < -0.39 is 0 Å². The molecule has 2 heteroatoms. The molecule has 0 spiro atoms. The van der Waals surface area contributed by atoms with Crippen molar-refractivity contribution in [2.75, 3.05) is 19.8 Å². The van der Waals surface area contributed by atoms with Crippen molar-refractivity contribution in [1.29, 1.82) is 0 Å². The second kappa shape index (κ2) is 6.61. The minimum atomic E-state index is 0.322. The Labute approximate surface area is 101 Å². The second-order valence-electron chi connectivity index (χ2n) is 6.04. The number of ether oxygens (including phenoxy) is 2. The quantitative estimate of drug-likeness (QED) is 0.562. The first-order valence-electron chi connectivity index (χ1n) is 6.73. The summed E-state index contributed by atoms with van der Waals surface area (Å²) in [6.07, 6.45) is 5.53. The Morgan fingerprint density at radius 2 is 2.12 bits per heavy atom. The molecule has 0 N–H and O–H groups in total. The fraction of sp³-hybridized carbons (Fsp3) is 1.00. The molecule has 0 radical (unpaired) electrons. The van der Waals surface area contributed by atoms with E-state index in [1.54, 1.807) is 0 Å². The lowest BCUT2D eigenvalue weighted by Crippen LogP contribution is -2.21. The summed E-state index contributed by atoms with van der Waals surface area (Å²) < 4.78 is 11.0. The maximum Gasteiger partial charge on any atom is 0.0810 e. The van der Waals surface area contributed by atoms with Crippen molar-refractivity contribution in [3.63, 3.8) is 0 Å². The molecule has 0 saturated carbocycles. The molecule has 0 aromatic carbocycles. The molecule has 0 bridgehead atoms. The summed E-state index contributed by atoms with van der Waals surface area (Å²) in [5.41, 5.74) is 0.322. The van der Waals surface area contributed by atoms with Crippen LogP contribution in [0.2, 0.25) is 0 Å². The maximum absolute atomic E-state index is 5.79. The zero-order chi connectivity index (χ0) is 12.0. The first-order valence-corrected chi connectivity index (χ1v) is 6.73. The molecular formula is C14H28O2. The van der Waals surface area contributed by atoms with Gasteiger partial charge in [-0.1, -0.05) is 40.5 Å². The highest BCUT2D eigenvalue weighted by molar-refractivity contribution is 4.73. The third-order valence-corrected chi connectivity index (χ3v) is 3.37. The van der Waals surface area contributed by atoms with Crippen LogP contribution in [0.3, 0.4) is 0 Å². The lowest BCUT2D eigenvalue weighted by Gasteiger charge is -2.25. The molecule has 0 aromatic rings. The van der Waals surface area contributed by atoms with Crippen LogP contribution in [0, 0.1) is 11.3 Å². The fourth-order valence-corrected chi connectivity index (χ4v) is 1.77. The van der Waals surface area contributed by atoms with Crippen LogP contribution in [0.15, 0.2) is 0 Å². The van der Waals surface area contributed by atoms with E-state index in [1.807, 2.05) is 0 Å². The van der Waals surface area contributed by atoms with E-state index in [-0.39, 0.29) is 0 Å². The predicted molar refractivity (Wildman–Crippen MR) is 67.6 cm³/mol. The molecular weight excluding hydrogens is 200 g/mol. The van der Waals surface area contributed by atoms with E-state index in [2.05, 4.69) is 27.7 Å². The zero-order valence-corrected chi connectivity index (χ0v) is 11.4. The van der Waals surface area contributed by atoms with Crippen LogP contribution < -0.4 is 0 Å². The molecule has 1 fully saturated rings. The summed E-state index contributed by atoms with van der Waals surface area (Å²) in [7, 11) is 0. The number of hydrogen-bond donors (Lipinski definition) is 0. The SMILES string of the molecule is CCC(C)COCC(C)(C)CCCC1CO1. The van der Waals surface area contributed by atoms with Crippen molar-refractivity contribution < 1.29 is 9.47 Å².